The Kier molecular flexibility index (Phi) is 4.64. The molecule has 6 nitrogen and oxygen atoms in total. The van der Waals surface area contributed by atoms with E-state index >= 15 is 0 Å². The second kappa shape index (κ2) is 7.25. The highest BCUT2D eigenvalue weighted by molar-refractivity contribution is 5.94. The molecular formula is C21H21N3O3. The maximum absolute atomic E-state index is 12.9. The largest absolute Gasteiger partial charge is 0.506 e. The van der Waals surface area contributed by atoms with E-state index in [1.165, 1.54) is 0 Å². The number of hydrogen-bond acceptors (Lipinski definition) is 4. The maximum atomic E-state index is 12.9. The Morgan fingerprint density at radius 2 is 1.96 bits per heavy atom. The highest BCUT2D eigenvalue weighted by Gasteiger charge is 2.37. The van der Waals surface area contributed by atoms with Gasteiger partial charge in [-0.2, -0.15) is 5.10 Å². The molecule has 1 amide bonds. The van der Waals surface area contributed by atoms with Gasteiger partial charge in [0, 0.05) is 12.8 Å². The van der Waals surface area contributed by atoms with Crippen molar-refractivity contribution >= 4 is 11.6 Å². The van der Waals surface area contributed by atoms with E-state index in [1.807, 2.05) is 41.9 Å². The summed E-state index contributed by atoms with van der Waals surface area (Å²) in [4.78, 5) is 12.9. The lowest BCUT2D eigenvalue weighted by molar-refractivity contribution is -0.121. The molecule has 6 heteroatoms. The normalized spacial score (nSPS) is 19.1. The van der Waals surface area contributed by atoms with Crippen LogP contribution in [0.4, 0.5) is 5.69 Å². The Morgan fingerprint density at radius 3 is 2.78 bits per heavy atom. The van der Waals surface area contributed by atoms with Gasteiger partial charge in [-0.05, 0) is 43.2 Å². The van der Waals surface area contributed by atoms with Crippen LogP contribution in [0, 0.1) is 12.8 Å². The molecule has 0 saturated carbocycles. The number of anilines is 1. The second-order valence-corrected chi connectivity index (χ2v) is 6.65. The van der Waals surface area contributed by atoms with Gasteiger partial charge in [0.2, 0.25) is 5.91 Å². The molecule has 138 valence electrons. The monoisotopic (exact) mass is 363 g/mol. The first kappa shape index (κ1) is 17.3. The molecule has 0 unspecified atom stereocenters. The molecule has 2 N–H and O–H groups in total. The number of aromatic hydroxyl groups is 1. The molecular weight excluding hydrogens is 342 g/mol. The van der Waals surface area contributed by atoms with Crippen molar-refractivity contribution in [2.45, 2.75) is 19.4 Å². The lowest BCUT2D eigenvalue weighted by Gasteiger charge is -2.20. The number of phenolic OH excluding ortho intramolecular Hbond substituents is 1. The van der Waals surface area contributed by atoms with Crippen LogP contribution in [0.25, 0.3) is 5.69 Å². The maximum Gasteiger partial charge on any atom is 0.230 e. The van der Waals surface area contributed by atoms with Crippen LogP contribution in [0.3, 0.4) is 0 Å². The lowest BCUT2D eigenvalue weighted by atomic mass is 9.97. The van der Waals surface area contributed by atoms with Crippen LogP contribution in [0.2, 0.25) is 0 Å². The predicted molar refractivity (Wildman–Crippen MR) is 102 cm³/mol. The fourth-order valence-corrected chi connectivity index (χ4v) is 3.49. The number of benzene rings is 2. The van der Waals surface area contributed by atoms with E-state index in [0.717, 1.165) is 16.9 Å². The van der Waals surface area contributed by atoms with Crippen LogP contribution >= 0.6 is 0 Å². The van der Waals surface area contributed by atoms with Gasteiger partial charge in [0.05, 0.1) is 23.0 Å². The molecule has 0 spiro atoms. The SMILES string of the molecule is Cc1ccccc1-n1nccc1[C@H]1OCC[C@@H]1C(=O)Nc1ccccc1O. The third-order valence-corrected chi connectivity index (χ3v) is 4.90. The first-order valence-electron chi connectivity index (χ1n) is 8.95. The highest BCUT2D eigenvalue weighted by Crippen LogP contribution is 2.37. The van der Waals surface area contributed by atoms with E-state index in [0.29, 0.717) is 18.7 Å². The summed E-state index contributed by atoms with van der Waals surface area (Å²) >= 11 is 0. The minimum absolute atomic E-state index is 0.0475. The van der Waals surface area contributed by atoms with Gasteiger partial charge < -0.3 is 15.2 Å². The van der Waals surface area contributed by atoms with E-state index in [-0.39, 0.29) is 17.6 Å². The summed E-state index contributed by atoms with van der Waals surface area (Å²) in [7, 11) is 0. The third-order valence-electron chi connectivity index (χ3n) is 4.90. The van der Waals surface area contributed by atoms with Crippen LogP contribution < -0.4 is 5.32 Å². The number of nitrogens with one attached hydrogen (secondary N) is 1. The first-order valence-corrected chi connectivity index (χ1v) is 8.95. The molecule has 1 aliphatic heterocycles. The van der Waals surface area contributed by atoms with Crippen molar-refractivity contribution in [2.75, 3.05) is 11.9 Å². The van der Waals surface area contributed by atoms with Crippen LogP contribution in [-0.4, -0.2) is 27.4 Å². The standard InChI is InChI=1S/C21H21N3O3/c1-14-6-2-4-8-17(14)24-18(10-12-22-24)20-15(11-13-27-20)21(26)23-16-7-3-5-9-19(16)25/h2-10,12,15,20,25H,11,13H2,1H3,(H,23,26)/t15-,20-/m0/s1. The van der Waals surface area contributed by atoms with Crippen molar-refractivity contribution in [1.82, 2.24) is 9.78 Å². The minimum Gasteiger partial charge on any atom is -0.506 e. The Hall–Kier alpha value is -3.12. The van der Waals surface area contributed by atoms with Crippen molar-refractivity contribution in [3.05, 3.63) is 72.1 Å². The van der Waals surface area contributed by atoms with E-state index in [9.17, 15) is 9.90 Å². The molecule has 27 heavy (non-hydrogen) atoms. The summed E-state index contributed by atoms with van der Waals surface area (Å²) in [5.41, 5.74) is 3.31. The molecule has 0 radical (unpaired) electrons. The van der Waals surface area contributed by atoms with E-state index in [2.05, 4.69) is 10.4 Å². The van der Waals surface area contributed by atoms with Gasteiger partial charge in [-0.25, -0.2) is 4.68 Å². The zero-order valence-electron chi connectivity index (χ0n) is 15.0. The van der Waals surface area contributed by atoms with E-state index in [4.69, 9.17) is 4.74 Å². The molecule has 2 atom stereocenters. The van der Waals surface area contributed by atoms with E-state index < -0.39 is 6.10 Å². The first-order chi connectivity index (χ1) is 13.1. The molecule has 1 saturated heterocycles. The Bertz CT molecular complexity index is 967. The highest BCUT2D eigenvalue weighted by atomic mass is 16.5. The zero-order valence-corrected chi connectivity index (χ0v) is 15.0. The van der Waals surface area contributed by atoms with E-state index in [1.54, 1.807) is 30.5 Å². The van der Waals surface area contributed by atoms with Crippen molar-refractivity contribution in [1.29, 1.82) is 0 Å². The number of nitrogens with zero attached hydrogens (tertiary/aromatic N) is 2. The summed E-state index contributed by atoms with van der Waals surface area (Å²) in [5.74, 6) is -0.480. The fourth-order valence-electron chi connectivity index (χ4n) is 3.49. The van der Waals surface area contributed by atoms with Gasteiger partial charge in [0.15, 0.2) is 0 Å². The minimum atomic E-state index is -0.391. The molecule has 3 aromatic rings. The number of carbonyl (C=O) groups excluding carboxylic acids is 1. The van der Waals surface area contributed by atoms with Gasteiger partial charge in [0.1, 0.15) is 11.9 Å². The number of para-hydroxylation sites is 3. The summed E-state index contributed by atoms with van der Waals surface area (Å²) < 4.78 is 7.76. The molecule has 4 rings (SSSR count). The summed E-state index contributed by atoms with van der Waals surface area (Å²) in [5, 5.41) is 17.2. The van der Waals surface area contributed by atoms with Gasteiger partial charge in [-0.15, -0.1) is 0 Å². The van der Waals surface area contributed by atoms with Gasteiger partial charge in [-0.1, -0.05) is 30.3 Å². The number of aryl methyl sites for hydroxylation is 1. The average molecular weight is 363 g/mol. The van der Waals surface area contributed by atoms with Crippen LogP contribution in [0.1, 0.15) is 23.8 Å². The van der Waals surface area contributed by atoms with Crippen molar-refractivity contribution in [3.63, 3.8) is 0 Å². The van der Waals surface area contributed by atoms with Crippen molar-refractivity contribution < 1.29 is 14.6 Å². The number of rotatable bonds is 4. The molecule has 2 heterocycles. The van der Waals surface area contributed by atoms with Crippen molar-refractivity contribution in [3.8, 4) is 11.4 Å². The van der Waals surface area contributed by atoms with Crippen molar-refractivity contribution in [2.24, 2.45) is 5.92 Å². The van der Waals surface area contributed by atoms with Gasteiger partial charge >= 0.3 is 0 Å². The topological polar surface area (TPSA) is 76.4 Å². The molecule has 2 aromatic carbocycles. The molecule has 0 aliphatic carbocycles. The molecule has 1 aromatic heterocycles. The Labute approximate surface area is 157 Å². The van der Waals surface area contributed by atoms with Crippen LogP contribution in [-0.2, 0) is 9.53 Å². The average Bonchev–Trinajstić information content (AvgIpc) is 3.32. The fraction of sp³-hybridized carbons (Fsp3) is 0.238. The van der Waals surface area contributed by atoms with Crippen LogP contribution in [0.15, 0.2) is 60.8 Å². The van der Waals surface area contributed by atoms with Gasteiger partial charge in [0.25, 0.3) is 0 Å². The number of amides is 1. The van der Waals surface area contributed by atoms with Gasteiger partial charge in [-0.3, -0.25) is 4.79 Å². The summed E-state index contributed by atoms with van der Waals surface area (Å²) in [6.45, 7) is 2.53. The summed E-state index contributed by atoms with van der Waals surface area (Å²) in [6.07, 6.45) is 1.95. The quantitative estimate of drug-likeness (QED) is 0.695. The number of ether oxygens (including phenoxy) is 1. The molecule has 1 fully saturated rings. The Morgan fingerprint density at radius 1 is 1.19 bits per heavy atom. The molecule has 1 aliphatic rings. The number of hydrogen-bond donors (Lipinski definition) is 2. The molecule has 0 bridgehead atoms. The number of phenols is 1. The number of carbonyl (C=O) groups is 1. The summed E-state index contributed by atoms with van der Waals surface area (Å²) in [6, 6.07) is 16.6. The lowest BCUT2D eigenvalue weighted by Crippen LogP contribution is -2.26. The second-order valence-electron chi connectivity index (χ2n) is 6.65. The predicted octanol–water partition coefficient (Wildman–Crippen LogP) is 3.60. The zero-order chi connectivity index (χ0) is 18.8. The van der Waals surface area contributed by atoms with Crippen LogP contribution in [0.5, 0.6) is 5.75 Å². The number of aromatic nitrogens is 2. The third kappa shape index (κ3) is 3.31. The Balaban J connectivity index is 1.61. The smallest absolute Gasteiger partial charge is 0.230 e.